The third-order valence-electron chi connectivity index (χ3n) is 2.21. The van der Waals surface area contributed by atoms with E-state index in [9.17, 15) is 4.79 Å². The summed E-state index contributed by atoms with van der Waals surface area (Å²) in [6, 6.07) is 9.37. The van der Waals surface area contributed by atoms with E-state index in [4.69, 9.17) is 5.21 Å². The van der Waals surface area contributed by atoms with Crippen molar-refractivity contribution in [3.05, 3.63) is 42.0 Å². The number of carbonyl (C=O) groups excluding carboxylic acids is 1. The zero-order chi connectivity index (χ0) is 9.97. The Labute approximate surface area is 81.4 Å². The molecule has 0 heterocycles. The van der Waals surface area contributed by atoms with Gasteiger partial charge >= 0.3 is 0 Å². The third-order valence-corrected chi connectivity index (χ3v) is 2.21. The molecule has 0 spiro atoms. The Hall–Kier alpha value is -1.90. The Morgan fingerprint density at radius 2 is 1.93 bits per heavy atom. The molecule has 0 saturated carbocycles. The number of carbonyl (C=O) groups is 1. The summed E-state index contributed by atoms with van der Waals surface area (Å²) in [5, 5.41) is 11.5. The lowest BCUT2D eigenvalue weighted by molar-refractivity contribution is -0.108. The van der Waals surface area contributed by atoms with E-state index in [0.717, 1.165) is 5.56 Å². The van der Waals surface area contributed by atoms with Gasteiger partial charge in [0.15, 0.2) is 0 Å². The van der Waals surface area contributed by atoms with Crippen LogP contribution in [0.3, 0.4) is 0 Å². The minimum atomic E-state index is -0.182. The summed E-state index contributed by atoms with van der Waals surface area (Å²) in [4.78, 5) is 11.6. The number of hydrogen-bond donors (Lipinski definition) is 1. The van der Waals surface area contributed by atoms with Gasteiger partial charge in [-0.05, 0) is 5.56 Å². The van der Waals surface area contributed by atoms with E-state index in [2.05, 4.69) is 5.16 Å². The van der Waals surface area contributed by atoms with Crippen LogP contribution >= 0.6 is 0 Å². The first-order valence-corrected chi connectivity index (χ1v) is 4.34. The summed E-state index contributed by atoms with van der Waals surface area (Å²) >= 11 is 0. The summed E-state index contributed by atoms with van der Waals surface area (Å²) in [5.74, 6) is -0.182. The summed E-state index contributed by atoms with van der Waals surface area (Å²) < 4.78 is 0. The van der Waals surface area contributed by atoms with Gasteiger partial charge in [-0.1, -0.05) is 41.6 Å². The Bertz CT molecular complexity index is 418. The van der Waals surface area contributed by atoms with Crippen molar-refractivity contribution in [3.63, 3.8) is 0 Å². The second-order valence-electron chi connectivity index (χ2n) is 3.06. The smallest absolute Gasteiger partial charge is 0.211 e. The molecule has 1 N–H and O–H groups in total. The maximum atomic E-state index is 11.6. The molecule has 0 aromatic heterocycles. The van der Waals surface area contributed by atoms with Crippen LogP contribution in [0.4, 0.5) is 0 Å². The largest absolute Gasteiger partial charge is 0.411 e. The topological polar surface area (TPSA) is 49.7 Å². The molecule has 1 aromatic carbocycles. The van der Waals surface area contributed by atoms with Crippen molar-refractivity contribution >= 4 is 17.1 Å². The molecule has 1 aliphatic rings. The first kappa shape index (κ1) is 8.69. The molecular weight excluding hydrogens is 178 g/mol. The van der Waals surface area contributed by atoms with E-state index >= 15 is 0 Å². The minimum Gasteiger partial charge on any atom is -0.411 e. The minimum absolute atomic E-state index is 0.182. The molecule has 2 rings (SSSR count). The van der Waals surface area contributed by atoms with E-state index in [-0.39, 0.29) is 11.5 Å². The lowest BCUT2D eigenvalue weighted by Gasteiger charge is -1.98. The number of benzene rings is 1. The zero-order valence-electron chi connectivity index (χ0n) is 7.47. The Balaban J connectivity index is 2.36. The van der Waals surface area contributed by atoms with Crippen molar-refractivity contribution in [3.8, 4) is 0 Å². The second kappa shape index (κ2) is 3.46. The molecule has 3 nitrogen and oxygen atoms in total. The quantitative estimate of drug-likeness (QED) is 0.539. The third kappa shape index (κ3) is 1.33. The van der Waals surface area contributed by atoms with Crippen LogP contribution in [0, 0.1) is 0 Å². The molecule has 0 aliphatic heterocycles. The highest BCUT2D eigenvalue weighted by Crippen LogP contribution is 2.22. The first-order chi connectivity index (χ1) is 6.83. The van der Waals surface area contributed by atoms with Gasteiger partial charge in [-0.15, -0.1) is 0 Å². The van der Waals surface area contributed by atoms with Crippen LogP contribution in [0.15, 0.2) is 41.6 Å². The Morgan fingerprint density at radius 1 is 1.21 bits per heavy atom. The van der Waals surface area contributed by atoms with Gasteiger partial charge < -0.3 is 5.21 Å². The van der Waals surface area contributed by atoms with E-state index in [0.29, 0.717) is 12.0 Å². The highest BCUT2D eigenvalue weighted by Gasteiger charge is 2.23. The highest BCUT2D eigenvalue weighted by atomic mass is 16.4. The molecule has 3 heteroatoms. The molecule has 0 atom stereocenters. The molecule has 0 saturated heterocycles. The number of rotatable bonds is 1. The summed E-state index contributed by atoms with van der Waals surface area (Å²) in [6.07, 6.45) is 2.20. The van der Waals surface area contributed by atoms with Crippen LogP contribution in [0.2, 0.25) is 0 Å². The van der Waals surface area contributed by atoms with Gasteiger partial charge in [-0.25, -0.2) is 0 Å². The number of ketones is 1. The van der Waals surface area contributed by atoms with Crippen LogP contribution in [0.1, 0.15) is 12.0 Å². The summed E-state index contributed by atoms with van der Waals surface area (Å²) in [5.41, 5.74) is 1.71. The SMILES string of the molecule is O=C1C(c2ccccc2)=CCC1=NO. The van der Waals surface area contributed by atoms with Gasteiger partial charge in [0.1, 0.15) is 5.71 Å². The molecular formula is C11H9NO2. The molecule has 14 heavy (non-hydrogen) atoms. The number of allylic oxidation sites excluding steroid dienone is 2. The lowest BCUT2D eigenvalue weighted by atomic mass is 10.0. The van der Waals surface area contributed by atoms with Crippen molar-refractivity contribution in [2.75, 3.05) is 0 Å². The maximum Gasteiger partial charge on any atom is 0.211 e. The van der Waals surface area contributed by atoms with E-state index < -0.39 is 0 Å². The summed E-state index contributed by atoms with van der Waals surface area (Å²) in [6.45, 7) is 0. The number of hydrogen-bond acceptors (Lipinski definition) is 3. The molecule has 0 fully saturated rings. The van der Waals surface area contributed by atoms with Crippen molar-refractivity contribution < 1.29 is 10.0 Å². The number of nitrogens with zero attached hydrogens (tertiary/aromatic N) is 1. The average molecular weight is 187 g/mol. The predicted molar refractivity (Wildman–Crippen MR) is 53.3 cm³/mol. The lowest BCUT2D eigenvalue weighted by Crippen LogP contribution is -2.08. The van der Waals surface area contributed by atoms with Gasteiger partial charge in [0.05, 0.1) is 0 Å². The van der Waals surface area contributed by atoms with E-state index in [1.165, 1.54) is 0 Å². The molecule has 0 bridgehead atoms. The maximum absolute atomic E-state index is 11.6. The van der Waals surface area contributed by atoms with E-state index in [1.54, 1.807) is 6.08 Å². The molecule has 1 aliphatic carbocycles. The molecule has 1 aromatic rings. The second-order valence-corrected chi connectivity index (χ2v) is 3.06. The van der Waals surface area contributed by atoms with Gasteiger partial charge in [0, 0.05) is 12.0 Å². The number of Topliss-reactive ketones (excluding diaryl/α,β-unsaturated/α-hetero) is 1. The Kier molecular flexibility index (Phi) is 2.14. The summed E-state index contributed by atoms with van der Waals surface area (Å²) in [7, 11) is 0. The van der Waals surface area contributed by atoms with Crippen LogP contribution in [0.5, 0.6) is 0 Å². The highest BCUT2D eigenvalue weighted by molar-refractivity contribution is 6.58. The van der Waals surface area contributed by atoms with Crippen LogP contribution in [-0.2, 0) is 4.79 Å². The fourth-order valence-corrected chi connectivity index (χ4v) is 1.49. The van der Waals surface area contributed by atoms with Crippen LogP contribution in [-0.4, -0.2) is 16.7 Å². The van der Waals surface area contributed by atoms with Crippen LogP contribution in [0.25, 0.3) is 5.57 Å². The Morgan fingerprint density at radius 3 is 2.50 bits per heavy atom. The standard InChI is InChI=1S/C11H9NO2/c13-11-9(6-7-10(11)12-14)8-4-2-1-3-5-8/h1-6,14H,7H2. The van der Waals surface area contributed by atoms with Gasteiger partial charge in [0.25, 0.3) is 0 Å². The molecule has 0 radical (unpaired) electrons. The molecule has 0 unspecified atom stereocenters. The van der Waals surface area contributed by atoms with E-state index in [1.807, 2.05) is 30.3 Å². The number of oxime groups is 1. The fourth-order valence-electron chi connectivity index (χ4n) is 1.49. The fraction of sp³-hybridized carbons (Fsp3) is 0.0909. The van der Waals surface area contributed by atoms with Gasteiger partial charge in [0.2, 0.25) is 5.78 Å². The van der Waals surface area contributed by atoms with Crippen molar-refractivity contribution in [1.82, 2.24) is 0 Å². The van der Waals surface area contributed by atoms with Crippen LogP contribution < -0.4 is 0 Å². The molecule has 70 valence electrons. The van der Waals surface area contributed by atoms with Crippen molar-refractivity contribution in [2.24, 2.45) is 5.16 Å². The zero-order valence-corrected chi connectivity index (χ0v) is 7.47. The first-order valence-electron chi connectivity index (χ1n) is 4.34. The monoisotopic (exact) mass is 187 g/mol. The normalized spacial score (nSPS) is 18.7. The van der Waals surface area contributed by atoms with Gasteiger partial charge in [-0.3, -0.25) is 4.79 Å². The van der Waals surface area contributed by atoms with Crippen molar-refractivity contribution in [2.45, 2.75) is 6.42 Å². The molecule has 0 amide bonds. The van der Waals surface area contributed by atoms with Crippen molar-refractivity contribution in [1.29, 1.82) is 0 Å². The van der Waals surface area contributed by atoms with Gasteiger partial charge in [-0.2, -0.15) is 0 Å². The average Bonchev–Trinajstić information content (AvgIpc) is 2.61. The predicted octanol–water partition coefficient (Wildman–Crippen LogP) is 1.87.